The third kappa shape index (κ3) is 6.17. The summed E-state index contributed by atoms with van der Waals surface area (Å²) >= 11 is 0. The van der Waals surface area contributed by atoms with Crippen LogP contribution < -0.4 is 10.2 Å². The van der Waals surface area contributed by atoms with Crippen LogP contribution in [0.15, 0.2) is 24.3 Å². The van der Waals surface area contributed by atoms with Gasteiger partial charge in [-0.1, -0.05) is 48.5 Å². The van der Waals surface area contributed by atoms with Crippen LogP contribution in [0.25, 0.3) is 0 Å². The Bertz CT molecular complexity index is 1040. The molecule has 3 aliphatic rings. The van der Waals surface area contributed by atoms with E-state index in [-0.39, 0.29) is 41.6 Å². The van der Waals surface area contributed by atoms with E-state index in [4.69, 9.17) is 4.74 Å². The summed E-state index contributed by atoms with van der Waals surface area (Å²) in [5.41, 5.74) is 1.02. The topological polar surface area (TPSA) is 82.2 Å². The number of hydrogen-bond donors (Lipinski definition) is 1. The lowest BCUT2D eigenvalue weighted by Crippen LogP contribution is -2.57. The molecule has 0 radical (unpaired) electrons. The van der Waals surface area contributed by atoms with Gasteiger partial charge in [0.05, 0.1) is 6.10 Å². The van der Waals surface area contributed by atoms with Crippen molar-refractivity contribution < 1.29 is 19.1 Å². The Morgan fingerprint density at radius 1 is 1.03 bits per heavy atom. The molecule has 1 aromatic rings. The van der Waals surface area contributed by atoms with Gasteiger partial charge in [0.1, 0.15) is 18.7 Å². The van der Waals surface area contributed by atoms with Gasteiger partial charge in [-0.05, 0) is 54.5 Å². The number of fused-ring (bicyclic) bond motifs is 1. The average Bonchev–Trinajstić information content (AvgIpc) is 3.48. The van der Waals surface area contributed by atoms with Crippen molar-refractivity contribution in [2.45, 2.75) is 79.5 Å². The van der Waals surface area contributed by atoms with Gasteiger partial charge in [0, 0.05) is 49.9 Å². The number of nitrogens with zero attached hydrogens (tertiary/aromatic N) is 3. The van der Waals surface area contributed by atoms with Crippen LogP contribution in [-0.2, 0) is 14.3 Å². The Hall–Kier alpha value is -2.45. The molecule has 8 nitrogen and oxygen atoms in total. The summed E-state index contributed by atoms with van der Waals surface area (Å²) in [7, 11) is 0. The second-order valence-electron chi connectivity index (χ2n) is 13.3. The van der Waals surface area contributed by atoms with Crippen molar-refractivity contribution in [3.05, 3.63) is 29.8 Å². The second-order valence-corrected chi connectivity index (χ2v) is 13.3. The largest absolute Gasteiger partial charge is 0.369 e. The minimum absolute atomic E-state index is 0.0416. The molecule has 0 spiro atoms. The summed E-state index contributed by atoms with van der Waals surface area (Å²) in [6.45, 7) is 20.3. The van der Waals surface area contributed by atoms with Crippen molar-refractivity contribution in [1.82, 2.24) is 15.1 Å². The third-order valence-electron chi connectivity index (χ3n) is 9.20. The van der Waals surface area contributed by atoms with Gasteiger partial charge >= 0.3 is 0 Å². The first kappa shape index (κ1) is 29.5. The van der Waals surface area contributed by atoms with Gasteiger partial charge in [0.15, 0.2) is 5.78 Å². The fourth-order valence-corrected chi connectivity index (χ4v) is 6.19. The number of Topliss-reactive ketones (excluding diaryl/α,β-unsaturated/α-hetero) is 1. The third-order valence-corrected chi connectivity index (χ3v) is 9.20. The van der Waals surface area contributed by atoms with Gasteiger partial charge in [-0.2, -0.15) is 0 Å². The number of rotatable bonds is 8. The molecule has 0 unspecified atom stereocenters. The molecule has 0 saturated carbocycles. The SMILES string of the molecule is CCCN1CCN(c2ccc(C(=O)N[C@H](C(=O)N3C[C@H](C(C)(C)C)[C@H]4OCC(=O)[C@H]43)C(C)(C)CC)cc2)CC1. The van der Waals surface area contributed by atoms with Crippen molar-refractivity contribution >= 4 is 23.3 Å². The first-order valence-electron chi connectivity index (χ1n) is 14.7. The first-order chi connectivity index (χ1) is 18.4. The zero-order valence-corrected chi connectivity index (χ0v) is 25.0. The minimum Gasteiger partial charge on any atom is -0.369 e. The summed E-state index contributed by atoms with van der Waals surface area (Å²) in [6, 6.07) is 6.36. The molecule has 4 atom stereocenters. The summed E-state index contributed by atoms with van der Waals surface area (Å²) < 4.78 is 5.89. The van der Waals surface area contributed by atoms with Crippen LogP contribution in [0, 0.1) is 16.7 Å². The molecule has 3 saturated heterocycles. The van der Waals surface area contributed by atoms with Crippen molar-refractivity contribution in [1.29, 1.82) is 0 Å². The van der Waals surface area contributed by atoms with E-state index in [1.54, 1.807) is 4.90 Å². The Balaban J connectivity index is 1.49. The smallest absolute Gasteiger partial charge is 0.251 e. The molecule has 39 heavy (non-hydrogen) atoms. The van der Waals surface area contributed by atoms with Crippen LogP contribution in [0.5, 0.6) is 0 Å². The van der Waals surface area contributed by atoms with Crippen LogP contribution in [0.4, 0.5) is 5.69 Å². The molecule has 216 valence electrons. The molecular formula is C31H48N4O4. The lowest BCUT2D eigenvalue weighted by molar-refractivity contribution is -0.140. The van der Waals surface area contributed by atoms with E-state index in [9.17, 15) is 14.4 Å². The minimum atomic E-state index is -0.755. The van der Waals surface area contributed by atoms with Crippen molar-refractivity contribution in [2.75, 3.05) is 50.8 Å². The molecule has 3 heterocycles. The second kappa shape index (κ2) is 11.6. The highest BCUT2D eigenvalue weighted by Gasteiger charge is 2.56. The van der Waals surface area contributed by atoms with Gasteiger partial charge in [-0.25, -0.2) is 0 Å². The summed E-state index contributed by atoms with van der Waals surface area (Å²) in [6.07, 6.45) is 1.57. The van der Waals surface area contributed by atoms with Gasteiger partial charge < -0.3 is 19.9 Å². The number of piperazine rings is 1. The number of carbonyl (C=O) groups excluding carboxylic acids is 3. The van der Waals surface area contributed by atoms with Gasteiger partial charge in [0.2, 0.25) is 5.91 Å². The number of nitrogens with one attached hydrogen (secondary N) is 1. The van der Waals surface area contributed by atoms with Crippen LogP contribution >= 0.6 is 0 Å². The molecule has 8 heteroatoms. The number of ketones is 1. The highest BCUT2D eigenvalue weighted by molar-refractivity contribution is 5.99. The predicted molar refractivity (Wildman–Crippen MR) is 154 cm³/mol. The maximum atomic E-state index is 14.1. The molecule has 1 N–H and O–H groups in total. The summed E-state index contributed by atoms with van der Waals surface area (Å²) in [4.78, 5) is 46.9. The maximum Gasteiger partial charge on any atom is 0.251 e. The van der Waals surface area contributed by atoms with E-state index in [1.807, 2.05) is 45.0 Å². The molecular weight excluding hydrogens is 492 g/mol. The number of carbonyl (C=O) groups is 3. The molecule has 0 aromatic heterocycles. The van der Waals surface area contributed by atoms with Crippen molar-refractivity contribution in [3.8, 4) is 0 Å². The highest BCUT2D eigenvalue weighted by atomic mass is 16.5. The van der Waals surface area contributed by atoms with Crippen LogP contribution in [0.2, 0.25) is 0 Å². The maximum absolute atomic E-state index is 14.1. The monoisotopic (exact) mass is 540 g/mol. The number of anilines is 1. The number of ether oxygens (including phenoxy) is 1. The average molecular weight is 541 g/mol. The fourth-order valence-electron chi connectivity index (χ4n) is 6.19. The standard InChI is InChI=1S/C31H48N4O4/c1-8-14-33-15-17-34(18-16-33)22-12-10-21(11-13-22)28(37)32-27(31(6,7)9-2)29(38)35-19-23(30(3,4)5)26-25(35)24(36)20-39-26/h10-13,23,25-27H,8-9,14-20H2,1-7H3,(H,32,37)/t23-,25+,26+,27+/m0/s1. The summed E-state index contributed by atoms with van der Waals surface area (Å²) in [5, 5.41) is 3.07. The summed E-state index contributed by atoms with van der Waals surface area (Å²) in [5.74, 6) is -0.468. The van der Waals surface area contributed by atoms with Gasteiger partial charge in [-0.15, -0.1) is 0 Å². The lowest BCUT2D eigenvalue weighted by Gasteiger charge is -2.37. The normalized spacial score (nSPS) is 25.1. The molecule has 2 amide bonds. The van der Waals surface area contributed by atoms with Crippen LogP contribution in [0.1, 0.15) is 71.7 Å². The molecule has 0 bridgehead atoms. The van der Waals surface area contributed by atoms with Crippen LogP contribution in [-0.4, -0.2) is 91.5 Å². The van der Waals surface area contributed by atoms with E-state index in [2.05, 4.69) is 42.8 Å². The molecule has 3 fully saturated rings. The van der Waals surface area contributed by atoms with E-state index < -0.39 is 17.5 Å². The van der Waals surface area contributed by atoms with Crippen molar-refractivity contribution in [3.63, 3.8) is 0 Å². The molecule has 1 aromatic carbocycles. The van der Waals surface area contributed by atoms with Crippen molar-refractivity contribution in [2.24, 2.45) is 16.7 Å². The Morgan fingerprint density at radius 3 is 2.23 bits per heavy atom. The van der Waals surface area contributed by atoms with E-state index in [1.165, 1.54) is 6.42 Å². The molecule has 4 rings (SSSR count). The zero-order chi connectivity index (χ0) is 28.5. The fraction of sp³-hybridized carbons (Fsp3) is 0.710. The molecule has 0 aliphatic carbocycles. The number of amides is 2. The van der Waals surface area contributed by atoms with E-state index in [0.29, 0.717) is 18.5 Å². The number of benzene rings is 1. The van der Waals surface area contributed by atoms with Gasteiger partial charge in [-0.3, -0.25) is 19.3 Å². The number of hydrogen-bond acceptors (Lipinski definition) is 6. The van der Waals surface area contributed by atoms with E-state index in [0.717, 1.165) is 38.4 Å². The number of likely N-dealkylation sites (tertiary alicyclic amines) is 1. The predicted octanol–water partition coefficient (Wildman–Crippen LogP) is 3.59. The highest BCUT2D eigenvalue weighted by Crippen LogP contribution is 2.42. The zero-order valence-electron chi connectivity index (χ0n) is 25.0. The Labute approximate surface area is 234 Å². The van der Waals surface area contributed by atoms with Crippen LogP contribution in [0.3, 0.4) is 0 Å². The quantitative estimate of drug-likeness (QED) is 0.543. The Kier molecular flexibility index (Phi) is 8.76. The Morgan fingerprint density at radius 2 is 1.67 bits per heavy atom. The lowest BCUT2D eigenvalue weighted by atomic mass is 9.78. The van der Waals surface area contributed by atoms with E-state index >= 15 is 0 Å². The molecule has 3 aliphatic heterocycles. The van der Waals surface area contributed by atoms with Gasteiger partial charge in [0.25, 0.3) is 5.91 Å². The first-order valence-corrected chi connectivity index (χ1v) is 14.7.